The number of anilines is 1. The summed E-state index contributed by atoms with van der Waals surface area (Å²) in [4.78, 5) is 29.0. The van der Waals surface area contributed by atoms with Gasteiger partial charge in [-0.05, 0) is 47.9 Å². The van der Waals surface area contributed by atoms with Gasteiger partial charge in [0.05, 0.1) is 11.9 Å². The predicted octanol–water partition coefficient (Wildman–Crippen LogP) is 5.42. The molecule has 1 unspecified atom stereocenters. The van der Waals surface area contributed by atoms with E-state index in [1.807, 2.05) is 37.3 Å². The number of sulfonamides is 1. The quantitative estimate of drug-likeness (QED) is 0.254. The summed E-state index contributed by atoms with van der Waals surface area (Å²) in [5, 5.41) is 3.51. The van der Waals surface area contributed by atoms with Crippen LogP contribution >= 0.6 is 27.5 Å². The molecule has 0 aliphatic carbocycles. The minimum absolute atomic E-state index is 0.102. The molecule has 10 heteroatoms. The van der Waals surface area contributed by atoms with E-state index in [-0.39, 0.29) is 18.9 Å². The van der Waals surface area contributed by atoms with Crippen molar-refractivity contribution >= 4 is 55.1 Å². The minimum atomic E-state index is -3.82. The standard InChI is InChI=1S/C29H33BrClN3O4S/c1-3-4-17-32-29(36)27(18-22-9-6-5-7-10-22)33(20-23-13-15-25(31)16-14-23)28(35)21-34(39(2,37)38)26-12-8-11-24(30)19-26/h5-16,19,27H,3-4,17-18,20-21H2,1-2H3,(H,32,36). The van der Waals surface area contributed by atoms with Gasteiger partial charge in [-0.1, -0.05) is 89.4 Å². The molecule has 2 amide bonds. The number of halogens is 2. The first kappa shape index (κ1) is 30.7. The molecule has 3 aromatic rings. The van der Waals surface area contributed by atoms with Crippen LogP contribution in [0, 0.1) is 0 Å². The highest BCUT2D eigenvalue weighted by molar-refractivity contribution is 9.10. The van der Waals surface area contributed by atoms with E-state index >= 15 is 0 Å². The van der Waals surface area contributed by atoms with E-state index in [1.165, 1.54) is 4.90 Å². The molecule has 3 aromatic carbocycles. The molecule has 0 aliphatic heterocycles. The molecule has 7 nitrogen and oxygen atoms in total. The number of hydrogen-bond donors (Lipinski definition) is 1. The lowest BCUT2D eigenvalue weighted by Gasteiger charge is -2.33. The Morgan fingerprint density at radius 1 is 0.974 bits per heavy atom. The van der Waals surface area contributed by atoms with Crippen LogP contribution in [0.4, 0.5) is 5.69 Å². The zero-order valence-corrected chi connectivity index (χ0v) is 25.2. The van der Waals surface area contributed by atoms with Crippen LogP contribution in [0.1, 0.15) is 30.9 Å². The molecule has 0 heterocycles. The van der Waals surface area contributed by atoms with Crippen molar-refractivity contribution in [2.45, 2.75) is 38.8 Å². The van der Waals surface area contributed by atoms with Gasteiger partial charge in [-0.25, -0.2) is 8.42 Å². The van der Waals surface area contributed by atoms with Gasteiger partial charge in [0, 0.05) is 29.0 Å². The first-order chi connectivity index (χ1) is 18.6. The summed E-state index contributed by atoms with van der Waals surface area (Å²) in [7, 11) is -3.82. The number of rotatable bonds is 13. The summed E-state index contributed by atoms with van der Waals surface area (Å²) in [6.07, 6.45) is 3.05. The van der Waals surface area contributed by atoms with Crippen molar-refractivity contribution in [2.75, 3.05) is 23.7 Å². The van der Waals surface area contributed by atoms with Crippen LogP contribution in [0.2, 0.25) is 5.02 Å². The summed E-state index contributed by atoms with van der Waals surface area (Å²) >= 11 is 9.45. The SMILES string of the molecule is CCCCNC(=O)C(Cc1ccccc1)N(Cc1ccc(Cl)cc1)C(=O)CN(c1cccc(Br)c1)S(C)(=O)=O. The maximum atomic E-state index is 14.0. The lowest BCUT2D eigenvalue weighted by molar-refractivity contribution is -0.140. The number of nitrogens with one attached hydrogen (secondary N) is 1. The average molecular weight is 635 g/mol. The average Bonchev–Trinajstić information content (AvgIpc) is 2.90. The number of nitrogens with zero attached hydrogens (tertiary/aromatic N) is 2. The minimum Gasteiger partial charge on any atom is -0.354 e. The van der Waals surface area contributed by atoms with Crippen molar-refractivity contribution < 1.29 is 18.0 Å². The Morgan fingerprint density at radius 3 is 2.28 bits per heavy atom. The Morgan fingerprint density at radius 2 is 1.67 bits per heavy atom. The third-order valence-electron chi connectivity index (χ3n) is 6.14. The fraction of sp³-hybridized carbons (Fsp3) is 0.310. The van der Waals surface area contributed by atoms with E-state index in [2.05, 4.69) is 21.2 Å². The van der Waals surface area contributed by atoms with E-state index < -0.39 is 28.5 Å². The van der Waals surface area contributed by atoms with Crippen molar-refractivity contribution in [1.29, 1.82) is 0 Å². The second-order valence-corrected chi connectivity index (χ2v) is 12.5. The smallest absolute Gasteiger partial charge is 0.244 e. The normalized spacial score (nSPS) is 12.0. The second-order valence-electron chi connectivity index (χ2n) is 9.25. The van der Waals surface area contributed by atoms with Gasteiger partial charge in [0.1, 0.15) is 12.6 Å². The van der Waals surface area contributed by atoms with Crippen LogP contribution in [-0.2, 0) is 32.6 Å². The summed E-state index contributed by atoms with van der Waals surface area (Å²) in [6, 6.07) is 22.4. The molecular formula is C29H33BrClN3O4S. The van der Waals surface area contributed by atoms with Crippen LogP contribution in [0.5, 0.6) is 0 Å². The zero-order valence-electron chi connectivity index (χ0n) is 22.0. The number of hydrogen-bond acceptors (Lipinski definition) is 4. The van der Waals surface area contributed by atoms with E-state index in [4.69, 9.17) is 11.6 Å². The number of carbonyl (C=O) groups is 2. The predicted molar refractivity (Wildman–Crippen MR) is 160 cm³/mol. The summed E-state index contributed by atoms with van der Waals surface area (Å²) in [5.41, 5.74) is 1.99. The molecular weight excluding hydrogens is 602 g/mol. The molecule has 0 radical (unpaired) electrons. The lowest BCUT2D eigenvalue weighted by atomic mass is 10.0. The van der Waals surface area contributed by atoms with Crippen molar-refractivity contribution in [2.24, 2.45) is 0 Å². The van der Waals surface area contributed by atoms with E-state index in [0.29, 0.717) is 21.7 Å². The van der Waals surface area contributed by atoms with Gasteiger partial charge in [-0.15, -0.1) is 0 Å². The van der Waals surface area contributed by atoms with Crippen molar-refractivity contribution in [3.05, 3.63) is 99.5 Å². The molecule has 1 N–H and O–H groups in total. The molecule has 0 bridgehead atoms. The highest BCUT2D eigenvalue weighted by Gasteiger charge is 2.33. The molecule has 208 valence electrons. The molecule has 0 aliphatic rings. The van der Waals surface area contributed by atoms with E-state index in [0.717, 1.165) is 34.5 Å². The largest absolute Gasteiger partial charge is 0.354 e. The Labute approximate surface area is 244 Å². The third-order valence-corrected chi connectivity index (χ3v) is 8.03. The van der Waals surface area contributed by atoms with E-state index in [9.17, 15) is 18.0 Å². The first-order valence-corrected chi connectivity index (χ1v) is 15.7. The summed E-state index contributed by atoms with van der Waals surface area (Å²) in [6.45, 7) is 2.16. The molecule has 0 aromatic heterocycles. The number of benzene rings is 3. The van der Waals surface area contributed by atoms with Crippen molar-refractivity contribution in [3.63, 3.8) is 0 Å². The summed E-state index contributed by atoms with van der Waals surface area (Å²) in [5.74, 6) is -0.787. The van der Waals surface area contributed by atoms with Crippen LogP contribution in [-0.4, -0.2) is 50.5 Å². The maximum Gasteiger partial charge on any atom is 0.244 e. The van der Waals surface area contributed by atoms with Crippen LogP contribution in [0.15, 0.2) is 83.3 Å². The van der Waals surface area contributed by atoms with Gasteiger partial charge in [0.2, 0.25) is 21.8 Å². The van der Waals surface area contributed by atoms with Crippen LogP contribution < -0.4 is 9.62 Å². The van der Waals surface area contributed by atoms with Crippen LogP contribution in [0.25, 0.3) is 0 Å². The Hall–Kier alpha value is -2.88. The number of amides is 2. The fourth-order valence-corrected chi connectivity index (χ4v) is 5.45. The third kappa shape index (κ3) is 9.37. The maximum absolute atomic E-state index is 14.0. The fourth-order valence-electron chi connectivity index (χ4n) is 4.09. The van der Waals surface area contributed by atoms with Gasteiger partial charge in [0.15, 0.2) is 0 Å². The summed E-state index contributed by atoms with van der Waals surface area (Å²) < 4.78 is 27.4. The lowest BCUT2D eigenvalue weighted by Crippen LogP contribution is -2.53. The number of unbranched alkanes of at least 4 members (excludes halogenated alkanes) is 1. The molecule has 0 spiro atoms. The molecule has 1 atom stereocenters. The molecule has 0 saturated heterocycles. The number of carbonyl (C=O) groups excluding carboxylic acids is 2. The molecule has 3 rings (SSSR count). The topological polar surface area (TPSA) is 86.8 Å². The first-order valence-electron chi connectivity index (χ1n) is 12.7. The van der Waals surface area contributed by atoms with Gasteiger partial charge < -0.3 is 10.2 Å². The monoisotopic (exact) mass is 633 g/mol. The highest BCUT2D eigenvalue weighted by atomic mass is 79.9. The Bertz CT molecular complexity index is 1350. The van der Waals surface area contributed by atoms with Crippen molar-refractivity contribution in [1.82, 2.24) is 10.2 Å². The molecule has 0 saturated carbocycles. The van der Waals surface area contributed by atoms with Gasteiger partial charge >= 0.3 is 0 Å². The zero-order chi connectivity index (χ0) is 28.4. The van der Waals surface area contributed by atoms with Crippen molar-refractivity contribution in [3.8, 4) is 0 Å². The Balaban J connectivity index is 2.02. The van der Waals surface area contributed by atoms with E-state index in [1.54, 1.807) is 48.5 Å². The molecule has 0 fully saturated rings. The van der Waals surface area contributed by atoms with Gasteiger partial charge in [-0.3, -0.25) is 13.9 Å². The Kier molecular flexibility index (Phi) is 11.4. The van der Waals surface area contributed by atoms with Crippen LogP contribution in [0.3, 0.4) is 0 Å². The van der Waals surface area contributed by atoms with Gasteiger partial charge in [-0.2, -0.15) is 0 Å². The second kappa shape index (κ2) is 14.5. The molecule has 39 heavy (non-hydrogen) atoms. The van der Waals surface area contributed by atoms with Gasteiger partial charge in [0.25, 0.3) is 0 Å². The highest BCUT2D eigenvalue weighted by Crippen LogP contribution is 2.23.